The number of thioether (sulfide) groups is 1. The Morgan fingerprint density at radius 3 is 2.64 bits per heavy atom. The van der Waals surface area contributed by atoms with Gasteiger partial charge in [-0.25, -0.2) is 4.79 Å². The Labute approximate surface area is 92.7 Å². The van der Waals surface area contributed by atoms with Crippen molar-refractivity contribution in [3.05, 3.63) is 0 Å². The third-order valence-corrected chi connectivity index (χ3v) is 2.44. The molecule has 0 bridgehead atoms. The van der Waals surface area contributed by atoms with Gasteiger partial charge in [0.05, 0.1) is 7.11 Å². The number of hydrogen-bond donors (Lipinski definition) is 1. The zero-order valence-electron chi connectivity index (χ0n) is 8.21. The molecule has 14 heavy (non-hydrogen) atoms. The fourth-order valence-corrected chi connectivity index (χ4v) is 1.41. The quantitative estimate of drug-likeness (QED) is 0.546. The molecule has 82 valence electrons. The molecule has 0 aromatic rings. The molecule has 0 saturated heterocycles. The van der Waals surface area contributed by atoms with Gasteiger partial charge in [0.1, 0.15) is 11.9 Å². The monoisotopic (exact) mass is 239 g/mol. The van der Waals surface area contributed by atoms with Crippen molar-refractivity contribution in [3.8, 4) is 0 Å². The number of halogens is 1. The Morgan fingerprint density at radius 1 is 1.57 bits per heavy atom. The van der Waals surface area contributed by atoms with Gasteiger partial charge in [-0.2, -0.15) is 11.8 Å². The van der Waals surface area contributed by atoms with E-state index in [2.05, 4.69) is 10.1 Å². The summed E-state index contributed by atoms with van der Waals surface area (Å²) in [6.45, 7) is 0. The van der Waals surface area contributed by atoms with Gasteiger partial charge < -0.3 is 10.1 Å². The summed E-state index contributed by atoms with van der Waals surface area (Å²) >= 11 is 6.91. The summed E-state index contributed by atoms with van der Waals surface area (Å²) in [6.07, 6.45) is 2.48. The number of hydrogen-bond acceptors (Lipinski definition) is 4. The van der Waals surface area contributed by atoms with Crippen LogP contribution in [0.3, 0.4) is 0 Å². The number of methoxy groups -OCH3 is 1. The molecule has 0 aromatic carbocycles. The molecule has 0 rings (SSSR count). The van der Waals surface area contributed by atoms with Crippen molar-refractivity contribution in [3.63, 3.8) is 0 Å². The van der Waals surface area contributed by atoms with Crippen molar-refractivity contribution >= 4 is 35.2 Å². The fraction of sp³-hybridized carbons (Fsp3) is 0.750. The Morgan fingerprint density at radius 2 is 2.21 bits per heavy atom. The van der Waals surface area contributed by atoms with Crippen LogP contribution in [-0.4, -0.2) is 42.9 Å². The number of carbonyl (C=O) groups is 2. The second-order valence-electron chi connectivity index (χ2n) is 2.56. The van der Waals surface area contributed by atoms with Crippen molar-refractivity contribution in [1.29, 1.82) is 0 Å². The van der Waals surface area contributed by atoms with E-state index >= 15 is 0 Å². The third kappa shape index (κ3) is 5.34. The first-order chi connectivity index (χ1) is 6.65. The second-order valence-corrected chi connectivity index (χ2v) is 3.81. The summed E-state index contributed by atoms with van der Waals surface area (Å²) in [5.74, 6) is -0.157. The first-order valence-electron chi connectivity index (χ1n) is 4.07. The lowest BCUT2D eigenvalue weighted by Gasteiger charge is -2.14. The van der Waals surface area contributed by atoms with Crippen LogP contribution in [0.2, 0.25) is 0 Å². The van der Waals surface area contributed by atoms with Crippen LogP contribution in [0.5, 0.6) is 0 Å². The number of rotatable bonds is 6. The van der Waals surface area contributed by atoms with E-state index in [1.54, 1.807) is 11.8 Å². The van der Waals surface area contributed by atoms with Crippen LogP contribution in [0, 0.1) is 0 Å². The Balaban J connectivity index is 4.09. The lowest BCUT2D eigenvalue weighted by molar-refractivity contribution is -0.144. The van der Waals surface area contributed by atoms with Gasteiger partial charge in [-0.1, -0.05) is 0 Å². The molecular weight excluding hydrogens is 226 g/mol. The SMILES string of the molecule is COC(=O)C(CCSC)NC(=O)CCl. The van der Waals surface area contributed by atoms with Crippen LogP contribution >= 0.6 is 23.4 Å². The predicted octanol–water partition coefficient (Wildman–Crippen LogP) is 0.636. The van der Waals surface area contributed by atoms with E-state index in [9.17, 15) is 9.59 Å². The van der Waals surface area contributed by atoms with E-state index in [0.29, 0.717) is 6.42 Å². The van der Waals surface area contributed by atoms with Crippen molar-refractivity contribution in [1.82, 2.24) is 5.32 Å². The highest BCUT2D eigenvalue weighted by Crippen LogP contribution is 2.02. The smallest absolute Gasteiger partial charge is 0.328 e. The molecule has 0 aromatic heterocycles. The van der Waals surface area contributed by atoms with E-state index < -0.39 is 12.0 Å². The summed E-state index contributed by atoms with van der Waals surface area (Å²) in [5, 5.41) is 2.49. The van der Waals surface area contributed by atoms with Gasteiger partial charge in [-0.15, -0.1) is 11.6 Å². The van der Waals surface area contributed by atoms with E-state index in [0.717, 1.165) is 5.75 Å². The summed E-state index contributed by atoms with van der Waals surface area (Å²) in [6, 6.07) is -0.585. The van der Waals surface area contributed by atoms with Gasteiger partial charge in [0.2, 0.25) is 5.91 Å². The van der Waals surface area contributed by atoms with Crippen molar-refractivity contribution in [2.75, 3.05) is 25.0 Å². The molecule has 6 heteroatoms. The Bertz CT molecular complexity index is 201. The number of amides is 1. The minimum absolute atomic E-state index is 0.146. The minimum atomic E-state index is -0.585. The highest BCUT2D eigenvalue weighted by Gasteiger charge is 2.20. The van der Waals surface area contributed by atoms with Gasteiger partial charge in [-0.3, -0.25) is 4.79 Å². The molecule has 0 aliphatic heterocycles. The molecule has 0 spiro atoms. The van der Waals surface area contributed by atoms with E-state index in [1.165, 1.54) is 7.11 Å². The molecular formula is C8H14ClNO3S. The molecule has 4 nitrogen and oxygen atoms in total. The Hall–Kier alpha value is -0.420. The van der Waals surface area contributed by atoms with Crippen LogP contribution in [0.1, 0.15) is 6.42 Å². The van der Waals surface area contributed by atoms with E-state index in [-0.39, 0.29) is 11.8 Å². The maximum Gasteiger partial charge on any atom is 0.328 e. The largest absolute Gasteiger partial charge is 0.467 e. The number of esters is 1. The van der Waals surface area contributed by atoms with E-state index in [4.69, 9.17) is 11.6 Å². The predicted molar refractivity (Wildman–Crippen MR) is 57.7 cm³/mol. The highest BCUT2D eigenvalue weighted by molar-refractivity contribution is 7.98. The molecule has 1 unspecified atom stereocenters. The molecule has 0 radical (unpaired) electrons. The first-order valence-corrected chi connectivity index (χ1v) is 6.00. The lowest BCUT2D eigenvalue weighted by atomic mass is 10.2. The first kappa shape index (κ1) is 13.6. The lowest BCUT2D eigenvalue weighted by Crippen LogP contribution is -2.42. The zero-order valence-corrected chi connectivity index (χ0v) is 9.78. The molecule has 1 atom stereocenters. The Kier molecular flexibility index (Phi) is 7.70. The van der Waals surface area contributed by atoms with Gasteiger partial charge in [0, 0.05) is 0 Å². The standard InChI is InChI=1S/C8H14ClNO3S/c1-13-8(12)6(3-4-14-2)10-7(11)5-9/h6H,3-5H2,1-2H3,(H,10,11). The van der Waals surface area contributed by atoms with Crippen molar-refractivity contribution in [2.45, 2.75) is 12.5 Å². The van der Waals surface area contributed by atoms with Crippen LogP contribution in [0.15, 0.2) is 0 Å². The van der Waals surface area contributed by atoms with Crippen LogP contribution < -0.4 is 5.32 Å². The number of ether oxygens (including phenoxy) is 1. The summed E-state index contributed by atoms with van der Waals surface area (Å²) in [4.78, 5) is 22.1. The summed E-state index contributed by atoms with van der Waals surface area (Å²) < 4.78 is 4.55. The minimum Gasteiger partial charge on any atom is -0.467 e. The maximum absolute atomic E-state index is 11.2. The molecule has 0 aliphatic carbocycles. The van der Waals surface area contributed by atoms with Crippen molar-refractivity contribution in [2.24, 2.45) is 0 Å². The second kappa shape index (κ2) is 7.94. The highest BCUT2D eigenvalue weighted by atomic mass is 35.5. The number of alkyl halides is 1. The summed E-state index contributed by atoms with van der Waals surface area (Å²) in [7, 11) is 1.29. The molecule has 0 aliphatic rings. The normalized spacial score (nSPS) is 11.9. The van der Waals surface area contributed by atoms with E-state index in [1.807, 2.05) is 6.26 Å². The average Bonchev–Trinajstić information content (AvgIpc) is 2.22. The van der Waals surface area contributed by atoms with Gasteiger partial charge in [0.25, 0.3) is 0 Å². The zero-order chi connectivity index (χ0) is 11.0. The molecule has 1 amide bonds. The molecule has 0 fully saturated rings. The van der Waals surface area contributed by atoms with Crippen LogP contribution in [-0.2, 0) is 14.3 Å². The third-order valence-electron chi connectivity index (χ3n) is 1.55. The van der Waals surface area contributed by atoms with Crippen LogP contribution in [0.25, 0.3) is 0 Å². The topological polar surface area (TPSA) is 55.4 Å². The van der Waals surface area contributed by atoms with Gasteiger partial charge in [-0.05, 0) is 18.4 Å². The summed E-state index contributed by atoms with van der Waals surface area (Å²) in [5.41, 5.74) is 0. The number of nitrogens with one attached hydrogen (secondary N) is 1. The average molecular weight is 240 g/mol. The number of carbonyl (C=O) groups excluding carboxylic acids is 2. The fourth-order valence-electron chi connectivity index (χ4n) is 0.860. The van der Waals surface area contributed by atoms with Crippen LogP contribution in [0.4, 0.5) is 0 Å². The maximum atomic E-state index is 11.2. The van der Waals surface area contributed by atoms with Gasteiger partial charge in [0.15, 0.2) is 0 Å². The molecule has 1 N–H and O–H groups in total. The molecule has 0 heterocycles. The van der Waals surface area contributed by atoms with Crippen molar-refractivity contribution < 1.29 is 14.3 Å². The molecule has 0 saturated carbocycles. The van der Waals surface area contributed by atoms with Gasteiger partial charge >= 0.3 is 5.97 Å².